The number of piperidine rings is 1. The van der Waals surface area contributed by atoms with E-state index in [1.165, 1.54) is 31.5 Å². The zero-order valence-electron chi connectivity index (χ0n) is 13.1. The zero-order valence-corrected chi connectivity index (χ0v) is 13.1. The summed E-state index contributed by atoms with van der Waals surface area (Å²) in [5, 5.41) is 3.65. The van der Waals surface area contributed by atoms with Gasteiger partial charge in [-0.1, -0.05) is 18.1 Å². The van der Waals surface area contributed by atoms with Crippen molar-refractivity contribution in [2.45, 2.75) is 25.8 Å². The van der Waals surface area contributed by atoms with Gasteiger partial charge in [-0.25, -0.2) is 0 Å². The molecule has 3 heteroatoms. The fourth-order valence-corrected chi connectivity index (χ4v) is 2.71. The molecule has 114 valence electrons. The Morgan fingerprint density at radius 1 is 1.33 bits per heavy atom. The van der Waals surface area contributed by atoms with Gasteiger partial charge in [0.05, 0.1) is 0 Å². The van der Waals surface area contributed by atoms with Crippen LogP contribution in [-0.2, 0) is 0 Å². The Morgan fingerprint density at radius 3 is 2.62 bits per heavy atom. The van der Waals surface area contributed by atoms with Gasteiger partial charge in [-0.2, -0.15) is 0 Å². The third kappa shape index (κ3) is 5.08. The van der Waals surface area contributed by atoms with Crippen LogP contribution in [0.5, 0.6) is 5.75 Å². The van der Waals surface area contributed by atoms with Crippen LogP contribution in [0.2, 0.25) is 0 Å². The van der Waals surface area contributed by atoms with Crippen LogP contribution in [0.3, 0.4) is 0 Å². The lowest BCUT2D eigenvalue weighted by atomic mass is 9.96. The summed E-state index contributed by atoms with van der Waals surface area (Å²) < 4.78 is 5.39. The van der Waals surface area contributed by atoms with Crippen molar-refractivity contribution in [1.29, 1.82) is 0 Å². The molecule has 0 radical (unpaired) electrons. The Hall–Kier alpha value is -1.50. The number of hydrogen-bond acceptors (Lipinski definition) is 3. The highest BCUT2D eigenvalue weighted by Crippen LogP contribution is 2.20. The Labute approximate surface area is 128 Å². The molecule has 1 N–H and O–H groups in total. The minimum absolute atomic E-state index is 0.323. The zero-order chi connectivity index (χ0) is 15.1. The Kier molecular flexibility index (Phi) is 6.10. The summed E-state index contributed by atoms with van der Waals surface area (Å²) in [6, 6.07) is 8.56. The molecule has 1 aliphatic heterocycles. The van der Waals surface area contributed by atoms with Crippen molar-refractivity contribution < 1.29 is 4.74 Å². The summed E-state index contributed by atoms with van der Waals surface area (Å²) in [4.78, 5) is 2.41. The van der Waals surface area contributed by atoms with Gasteiger partial charge in [-0.15, -0.1) is 6.42 Å². The molecule has 0 aliphatic carbocycles. The molecule has 1 aromatic rings. The number of rotatable bonds is 6. The lowest BCUT2D eigenvalue weighted by Crippen LogP contribution is -2.35. The third-order valence-corrected chi connectivity index (χ3v) is 4.25. The fraction of sp³-hybridized carbons (Fsp3) is 0.556. The summed E-state index contributed by atoms with van der Waals surface area (Å²) in [5.41, 5.74) is 1.29. The van der Waals surface area contributed by atoms with Crippen LogP contribution in [0.25, 0.3) is 0 Å². The molecule has 1 atom stereocenters. The van der Waals surface area contributed by atoms with E-state index in [4.69, 9.17) is 11.2 Å². The number of ether oxygens (including phenoxy) is 1. The number of terminal acetylenes is 1. The number of likely N-dealkylation sites (tertiary alicyclic amines) is 1. The molecule has 0 unspecified atom stereocenters. The standard InChI is InChI=1S/C18H26N2O/c1-4-13-21-18-7-5-17(6-8-18)15(2)19-14-16-9-11-20(3)12-10-16/h1,5-8,15-16,19H,9-14H2,2-3H3/t15-/m0/s1. The smallest absolute Gasteiger partial charge is 0.148 e. The highest BCUT2D eigenvalue weighted by Gasteiger charge is 2.17. The van der Waals surface area contributed by atoms with E-state index in [1.54, 1.807) is 0 Å². The first-order chi connectivity index (χ1) is 10.2. The third-order valence-electron chi connectivity index (χ3n) is 4.25. The lowest BCUT2D eigenvalue weighted by molar-refractivity contribution is 0.213. The molecule has 0 aromatic heterocycles. The molecule has 21 heavy (non-hydrogen) atoms. The van der Waals surface area contributed by atoms with Crippen molar-refractivity contribution in [3.63, 3.8) is 0 Å². The summed E-state index contributed by atoms with van der Waals surface area (Å²) in [5.74, 6) is 4.12. The van der Waals surface area contributed by atoms with Crippen LogP contribution < -0.4 is 10.1 Å². The molecule has 1 saturated heterocycles. The molecular formula is C18H26N2O. The quantitative estimate of drug-likeness (QED) is 0.814. The van der Waals surface area contributed by atoms with Gasteiger partial charge in [0, 0.05) is 6.04 Å². The van der Waals surface area contributed by atoms with E-state index >= 15 is 0 Å². The summed E-state index contributed by atoms with van der Waals surface area (Å²) in [6.07, 6.45) is 7.79. The molecule has 3 nitrogen and oxygen atoms in total. The van der Waals surface area contributed by atoms with Crippen molar-refractivity contribution in [2.24, 2.45) is 5.92 Å². The highest BCUT2D eigenvalue weighted by atomic mass is 16.5. The van der Waals surface area contributed by atoms with Crippen LogP contribution in [0, 0.1) is 18.3 Å². The molecule has 0 bridgehead atoms. The molecule has 0 amide bonds. The van der Waals surface area contributed by atoms with Crippen LogP contribution in [0.4, 0.5) is 0 Å². The van der Waals surface area contributed by atoms with Crippen molar-refractivity contribution >= 4 is 0 Å². The van der Waals surface area contributed by atoms with E-state index < -0.39 is 0 Å². The van der Waals surface area contributed by atoms with Gasteiger partial charge in [0.2, 0.25) is 0 Å². The van der Waals surface area contributed by atoms with Gasteiger partial charge < -0.3 is 15.0 Å². The average molecular weight is 286 g/mol. The number of nitrogens with zero attached hydrogens (tertiary/aromatic N) is 1. The molecular weight excluding hydrogens is 260 g/mol. The van der Waals surface area contributed by atoms with Crippen LogP contribution in [-0.4, -0.2) is 38.2 Å². The first-order valence-electron chi connectivity index (χ1n) is 7.77. The van der Waals surface area contributed by atoms with Gasteiger partial charge in [0.15, 0.2) is 0 Å². The maximum atomic E-state index is 5.39. The van der Waals surface area contributed by atoms with E-state index in [0.29, 0.717) is 12.6 Å². The van der Waals surface area contributed by atoms with Crippen molar-refractivity contribution in [1.82, 2.24) is 10.2 Å². The van der Waals surface area contributed by atoms with Crippen LogP contribution >= 0.6 is 0 Å². The highest BCUT2D eigenvalue weighted by molar-refractivity contribution is 5.29. The monoisotopic (exact) mass is 286 g/mol. The molecule has 1 aliphatic rings. The van der Waals surface area contributed by atoms with Crippen molar-refractivity contribution in [2.75, 3.05) is 33.3 Å². The SMILES string of the molecule is C#CCOc1ccc([C@H](C)NCC2CCN(C)CC2)cc1. The van der Waals surface area contributed by atoms with Crippen molar-refractivity contribution in [3.8, 4) is 18.1 Å². The fourth-order valence-electron chi connectivity index (χ4n) is 2.71. The maximum Gasteiger partial charge on any atom is 0.148 e. The second kappa shape index (κ2) is 8.07. The first kappa shape index (κ1) is 15.9. The molecule has 1 aromatic carbocycles. The molecule has 1 heterocycles. The second-order valence-electron chi connectivity index (χ2n) is 5.94. The minimum atomic E-state index is 0.323. The normalized spacial score (nSPS) is 18.1. The first-order valence-corrected chi connectivity index (χ1v) is 7.77. The number of nitrogens with one attached hydrogen (secondary N) is 1. The van der Waals surface area contributed by atoms with Gasteiger partial charge in [0.1, 0.15) is 12.4 Å². The van der Waals surface area contributed by atoms with Gasteiger partial charge in [-0.05, 0) is 70.1 Å². The van der Waals surface area contributed by atoms with Crippen LogP contribution in [0.15, 0.2) is 24.3 Å². The minimum Gasteiger partial charge on any atom is -0.481 e. The van der Waals surface area contributed by atoms with Crippen molar-refractivity contribution in [3.05, 3.63) is 29.8 Å². The lowest BCUT2D eigenvalue weighted by Gasteiger charge is -2.30. The Bertz CT molecular complexity index is 455. The Morgan fingerprint density at radius 2 is 2.00 bits per heavy atom. The predicted octanol–water partition coefficient (Wildman–Crippen LogP) is 2.69. The summed E-state index contributed by atoms with van der Waals surface area (Å²) in [7, 11) is 2.20. The molecule has 0 saturated carbocycles. The topological polar surface area (TPSA) is 24.5 Å². The second-order valence-corrected chi connectivity index (χ2v) is 5.94. The Balaban J connectivity index is 1.77. The molecule has 2 rings (SSSR count). The number of benzene rings is 1. The number of hydrogen-bond donors (Lipinski definition) is 1. The van der Waals surface area contributed by atoms with E-state index in [2.05, 4.69) is 42.2 Å². The van der Waals surface area contributed by atoms with E-state index in [0.717, 1.165) is 18.2 Å². The maximum absolute atomic E-state index is 5.39. The molecule has 0 spiro atoms. The van der Waals surface area contributed by atoms with Gasteiger partial charge in [0.25, 0.3) is 0 Å². The summed E-state index contributed by atoms with van der Waals surface area (Å²) >= 11 is 0. The average Bonchev–Trinajstić information content (AvgIpc) is 2.52. The summed E-state index contributed by atoms with van der Waals surface area (Å²) in [6.45, 7) is 6.09. The van der Waals surface area contributed by atoms with Gasteiger partial charge >= 0.3 is 0 Å². The largest absolute Gasteiger partial charge is 0.481 e. The van der Waals surface area contributed by atoms with E-state index in [-0.39, 0.29) is 0 Å². The predicted molar refractivity (Wildman–Crippen MR) is 87.4 cm³/mol. The van der Waals surface area contributed by atoms with E-state index in [9.17, 15) is 0 Å². The molecule has 1 fully saturated rings. The van der Waals surface area contributed by atoms with Gasteiger partial charge in [-0.3, -0.25) is 0 Å². The van der Waals surface area contributed by atoms with Crippen LogP contribution in [0.1, 0.15) is 31.4 Å². The van der Waals surface area contributed by atoms with E-state index in [1.807, 2.05) is 12.1 Å².